The van der Waals surface area contributed by atoms with Crippen LogP contribution in [0.15, 0.2) is 56.9 Å². The number of carbonyl (C=O) groups is 1. The summed E-state index contributed by atoms with van der Waals surface area (Å²) in [7, 11) is -7.85. The average Bonchev–Trinajstić information content (AvgIpc) is 3.38. The molecule has 1 aromatic heterocycles. The number of fused-ring (bicyclic) bond motifs is 1. The molecular formula is C19H15Cl2N3O5S3. The summed E-state index contributed by atoms with van der Waals surface area (Å²) in [6.45, 7) is -0.254. The Morgan fingerprint density at radius 1 is 1.00 bits per heavy atom. The lowest BCUT2D eigenvalue weighted by molar-refractivity contribution is -0.115. The molecule has 0 fully saturated rings. The van der Waals surface area contributed by atoms with E-state index < -0.39 is 20.0 Å². The Morgan fingerprint density at radius 2 is 1.75 bits per heavy atom. The molecule has 0 unspecified atom stereocenters. The Morgan fingerprint density at radius 3 is 2.47 bits per heavy atom. The third-order valence-corrected chi connectivity index (χ3v) is 9.50. The van der Waals surface area contributed by atoms with Gasteiger partial charge in [0, 0.05) is 12.2 Å². The van der Waals surface area contributed by atoms with Gasteiger partial charge in [0.2, 0.25) is 15.9 Å². The molecule has 4 rings (SSSR count). The lowest BCUT2D eigenvalue weighted by Gasteiger charge is -2.15. The van der Waals surface area contributed by atoms with Gasteiger partial charge in [-0.05, 0) is 52.9 Å². The van der Waals surface area contributed by atoms with Gasteiger partial charge in [0.05, 0.1) is 27.0 Å². The molecule has 13 heteroatoms. The predicted octanol–water partition coefficient (Wildman–Crippen LogP) is 3.83. The van der Waals surface area contributed by atoms with Crippen molar-refractivity contribution in [3.05, 3.63) is 69.0 Å². The van der Waals surface area contributed by atoms with Gasteiger partial charge in [0.25, 0.3) is 10.0 Å². The quantitative estimate of drug-likeness (QED) is 0.427. The zero-order valence-corrected chi connectivity index (χ0v) is 20.0. The van der Waals surface area contributed by atoms with Crippen LogP contribution in [-0.2, 0) is 37.8 Å². The van der Waals surface area contributed by atoms with E-state index in [2.05, 4.69) is 14.8 Å². The molecule has 0 saturated carbocycles. The van der Waals surface area contributed by atoms with Gasteiger partial charge in [-0.3, -0.25) is 9.52 Å². The van der Waals surface area contributed by atoms with Gasteiger partial charge in [-0.1, -0.05) is 29.3 Å². The van der Waals surface area contributed by atoms with Crippen LogP contribution in [0.3, 0.4) is 0 Å². The molecule has 0 spiro atoms. The van der Waals surface area contributed by atoms with Gasteiger partial charge in [0.15, 0.2) is 0 Å². The van der Waals surface area contributed by atoms with Gasteiger partial charge in [-0.15, -0.1) is 11.3 Å². The number of halogens is 2. The normalized spacial score (nSPS) is 13.6. The second-order valence-electron chi connectivity index (χ2n) is 6.83. The fourth-order valence-corrected chi connectivity index (χ4v) is 6.56. The van der Waals surface area contributed by atoms with E-state index in [1.165, 1.54) is 36.4 Å². The number of anilines is 2. The third-order valence-electron chi connectivity index (χ3n) is 4.62. The van der Waals surface area contributed by atoms with E-state index >= 15 is 0 Å². The minimum atomic E-state index is -3.96. The van der Waals surface area contributed by atoms with Gasteiger partial charge in [-0.25, -0.2) is 21.6 Å². The predicted molar refractivity (Wildman–Crippen MR) is 124 cm³/mol. The average molecular weight is 532 g/mol. The Balaban J connectivity index is 1.60. The first-order valence-corrected chi connectivity index (χ1v) is 13.6. The standard InChI is InChI=1S/C19H15Cl2N3O5S3/c20-14-7-12(17(9-15(14)21)24-32(28,29)19-2-1-5-30-19)10-22-31(26,27)13-3-4-16-11(6-13)8-18(25)23-16/h1-7,9,22,24H,8,10H2,(H,23,25). The van der Waals surface area contributed by atoms with Crippen LogP contribution in [0.5, 0.6) is 0 Å². The highest BCUT2D eigenvalue weighted by Gasteiger charge is 2.23. The van der Waals surface area contributed by atoms with E-state index in [-0.39, 0.29) is 49.3 Å². The topological polar surface area (TPSA) is 121 Å². The molecule has 3 aromatic rings. The zero-order valence-electron chi connectivity index (χ0n) is 16.1. The minimum absolute atomic E-state index is 0.0199. The monoisotopic (exact) mass is 531 g/mol. The van der Waals surface area contributed by atoms with E-state index in [1.54, 1.807) is 11.4 Å². The molecule has 0 saturated heterocycles. The van der Waals surface area contributed by atoms with Crippen LogP contribution in [-0.4, -0.2) is 22.7 Å². The fraction of sp³-hybridized carbons (Fsp3) is 0.105. The summed E-state index contributed by atoms with van der Waals surface area (Å²) in [6, 6.07) is 10.1. The van der Waals surface area contributed by atoms with Crippen molar-refractivity contribution < 1.29 is 21.6 Å². The zero-order chi connectivity index (χ0) is 23.1. The number of amides is 1. The van der Waals surface area contributed by atoms with Crippen LogP contribution in [0, 0.1) is 0 Å². The molecule has 168 valence electrons. The number of benzene rings is 2. The van der Waals surface area contributed by atoms with Gasteiger partial charge < -0.3 is 5.32 Å². The molecule has 8 nitrogen and oxygen atoms in total. The molecule has 2 heterocycles. The summed E-state index contributed by atoms with van der Waals surface area (Å²) in [4.78, 5) is 11.5. The van der Waals surface area contributed by atoms with Crippen LogP contribution in [0.1, 0.15) is 11.1 Å². The summed E-state index contributed by atoms with van der Waals surface area (Å²) in [5.41, 5.74) is 1.53. The second kappa shape index (κ2) is 8.65. The largest absolute Gasteiger partial charge is 0.326 e. The van der Waals surface area contributed by atoms with E-state index in [0.29, 0.717) is 11.3 Å². The lowest BCUT2D eigenvalue weighted by Crippen LogP contribution is -2.24. The van der Waals surface area contributed by atoms with Crippen molar-refractivity contribution in [2.45, 2.75) is 22.1 Å². The number of nitrogens with one attached hydrogen (secondary N) is 3. The first-order valence-electron chi connectivity index (χ1n) is 9.02. The molecule has 0 aliphatic carbocycles. The summed E-state index contributed by atoms with van der Waals surface area (Å²) in [6.07, 6.45) is 0.0974. The van der Waals surface area contributed by atoms with Crippen LogP contribution in [0.4, 0.5) is 11.4 Å². The van der Waals surface area contributed by atoms with Crippen molar-refractivity contribution in [1.82, 2.24) is 4.72 Å². The van der Waals surface area contributed by atoms with E-state index in [1.807, 2.05) is 0 Å². The Labute approximate surface area is 198 Å². The smallest absolute Gasteiger partial charge is 0.271 e. The Bertz CT molecular complexity index is 1420. The molecule has 0 bridgehead atoms. The first-order chi connectivity index (χ1) is 15.0. The number of thiophene rings is 1. The molecule has 2 aromatic carbocycles. The molecule has 1 aliphatic heterocycles. The van der Waals surface area contributed by atoms with Crippen molar-refractivity contribution in [2.24, 2.45) is 0 Å². The maximum Gasteiger partial charge on any atom is 0.271 e. The number of carbonyl (C=O) groups excluding carboxylic acids is 1. The molecule has 1 amide bonds. The summed E-state index contributed by atoms with van der Waals surface area (Å²) < 4.78 is 55.8. The van der Waals surface area contributed by atoms with Gasteiger partial charge >= 0.3 is 0 Å². The fourth-order valence-electron chi connectivity index (χ4n) is 3.07. The van der Waals surface area contributed by atoms with Crippen LogP contribution < -0.4 is 14.8 Å². The molecule has 0 atom stereocenters. The molecular weight excluding hydrogens is 517 g/mol. The lowest BCUT2D eigenvalue weighted by atomic mass is 10.2. The summed E-state index contributed by atoms with van der Waals surface area (Å²) >= 11 is 13.2. The van der Waals surface area contributed by atoms with Crippen LogP contribution in [0.2, 0.25) is 10.0 Å². The molecule has 3 N–H and O–H groups in total. The minimum Gasteiger partial charge on any atom is -0.326 e. The highest BCUT2D eigenvalue weighted by atomic mass is 35.5. The maximum absolute atomic E-state index is 12.8. The van der Waals surface area contributed by atoms with Crippen molar-refractivity contribution in [3.63, 3.8) is 0 Å². The van der Waals surface area contributed by atoms with Gasteiger partial charge in [-0.2, -0.15) is 0 Å². The second-order valence-corrected chi connectivity index (χ2v) is 12.3. The van der Waals surface area contributed by atoms with Crippen molar-refractivity contribution >= 4 is 71.9 Å². The molecule has 1 aliphatic rings. The maximum atomic E-state index is 12.8. The summed E-state index contributed by atoms with van der Waals surface area (Å²) in [5.74, 6) is -0.207. The summed E-state index contributed by atoms with van der Waals surface area (Å²) in [5, 5.41) is 4.51. The highest BCUT2D eigenvalue weighted by Crippen LogP contribution is 2.32. The Hall–Kier alpha value is -2.15. The SMILES string of the molecule is O=C1Cc2cc(S(=O)(=O)NCc3cc(Cl)c(Cl)cc3NS(=O)(=O)c3cccs3)ccc2N1. The number of hydrogen-bond donors (Lipinski definition) is 3. The van der Waals surface area contributed by atoms with Crippen LogP contribution in [0.25, 0.3) is 0 Å². The number of rotatable bonds is 7. The highest BCUT2D eigenvalue weighted by molar-refractivity contribution is 7.94. The van der Waals surface area contributed by atoms with E-state index in [9.17, 15) is 21.6 Å². The third kappa shape index (κ3) is 4.77. The molecule has 32 heavy (non-hydrogen) atoms. The van der Waals surface area contributed by atoms with Crippen LogP contribution >= 0.6 is 34.5 Å². The van der Waals surface area contributed by atoms with E-state index in [4.69, 9.17) is 23.2 Å². The van der Waals surface area contributed by atoms with E-state index in [0.717, 1.165) is 11.3 Å². The first kappa shape index (κ1) is 23.0. The number of sulfonamides is 2. The number of hydrogen-bond acceptors (Lipinski definition) is 6. The Kier molecular flexibility index (Phi) is 6.23. The van der Waals surface area contributed by atoms with Crippen molar-refractivity contribution in [3.8, 4) is 0 Å². The molecule has 0 radical (unpaired) electrons. The van der Waals surface area contributed by atoms with Gasteiger partial charge in [0.1, 0.15) is 4.21 Å². The van der Waals surface area contributed by atoms with Crippen molar-refractivity contribution in [2.75, 3.05) is 10.0 Å². The van der Waals surface area contributed by atoms with Crippen molar-refractivity contribution in [1.29, 1.82) is 0 Å².